The molecule has 0 saturated carbocycles. The molecular formula is C15H13ClFN3. The Kier molecular flexibility index (Phi) is 4.54. The lowest BCUT2D eigenvalue weighted by molar-refractivity contribution is 0.614. The van der Waals surface area contributed by atoms with E-state index in [0.29, 0.717) is 16.3 Å². The Hall–Kier alpha value is -2.12. The van der Waals surface area contributed by atoms with Gasteiger partial charge in [-0.05, 0) is 36.8 Å². The van der Waals surface area contributed by atoms with Gasteiger partial charge >= 0.3 is 0 Å². The van der Waals surface area contributed by atoms with Gasteiger partial charge in [0.05, 0.1) is 40.3 Å². The molecule has 2 rings (SSSR count). The predicted octanol–water partition coefficient (Wildman–Crippen LogP) is 4.31. The molecule has 0 aliphatic heterocycles. The summed E-state index contributed by atoms with van der Waals surface area (Å²) in [7, 11) is 0. The number of aromatic nitrogens is 1. The lowest BCUT2D eigenvalue weighted by Crippen LogP contribution is -2.11. The second-order valence-electron chi connectivity index (χ2n) is 4.31. The highest BCUT2D eigenvalue weighted by molar-refractivity contribution is 6.33. The van der Waals surface area contributed by atoms with Crippen LogP contribution in [0.15, 0.2) is 36.5 Å². The summed E-state index contributed by atoms with van der Waals surface area (Å²) < 4.78 is 12.9. The fourth-order valence-corrected chi connectivity index (χ4v) is 2.04. The molecule has 0 amide bonds. The van der Waals surface area contributed by atoms with Gasteiger partial charge in [0.15, 0.2) is 0 Å². The average molecular weight is 290 g/mol. The highest BCUT2D eigenvalue weighted by atomic mass is 35.5. The first-order chi connectivity index (χ1) is 9.63. The third-order valence-corrected chi connectivity index (χ3v) is 3.27. The highest BCUT2D eigenvalue weighted by Crippen LogP contribution is 2.28. The van der Waals surface area contributed by atoms with Crippen LogP contribution < -0.4 is 5.32 Å². The maximum absolute atomic E-state index is 12.9. The van der Waals surface area contributed by atoms with Gasteiger partial charge in [-0.15, -0.1) is 0 Å². The number of halogens is 2. The minimum atomic E-state index is -0.367. The first-order valence-electron chi connectivity index (χ1n) is 6.21. The summed E-state index contributed by atoms with van der Waals surface area (Å²) in [5.41, 5.74) is 1.93. The molecule has 0 bridgehead atoms. The SMILES string of the molecule is CCC(Nc1cc(C#N)ccc1Cl)c1ccc(F)cn1. The average Bonchev–Trinajstić information content (AvgIpc) is 2.47. The molecule has 5 heteroatoms. The lowest BCUT2D eigenvalue weighted by atomic mass is 10.1. The van der Waals surface area contributed by atoms with E-state index in [1.165, 1.54) is 12.3 Å². The standard InChI is InChI=1S/C15H13ClFN3/c1-2-13(14-6-4-11(17)9-19-14)20-15-7-10(8-18)3-5-12(15)16/h3-7,9,13,20H,2H2,1H3. The molecule has 0 aliphatic carbocycles. The van der Waals surface area contributed by atoms with Crippen molar-refractivity contribution < 1.29 is 4.39 Å². The highest BCUT2D eigenvalue weighted by Gasteiger charge is 2.13. The van der Waals surface area contributed by atoms with E-state index in [0.717, 1.165) is 12.1 Å². The van der Waals surface area contributed by atoms with Crippen LogP contribution in [0.4, 0.5) is 10.1 Å². The van der Waals surface area contributed by atoms with Gasteiger partial charge in [-0.3, -0.25) is 4.98 Å². The molecule has 1 N–H and O–H groups in total. The van der Waals surface area contributed by atoms with Crippen LogP contribution in [0.2, 0.25) is 5.02 Å². The van der Waals surface area contributed by atoms with E-state index in [2.05, 4.69) is 16.4 Å². The van der Waals surface area contributed by atoms with Gasteiger partial charge in [0.1, 0.15) is 5.82 Å². The largest absolute Gasteiger partial charge is 0.375 e. The number of nitrogens with one attached hydrogen (secondary N) is 1. The number of benzene rings is 1. The Morgan fingerprint density at radius 1 is 1.40 bits per heavy atom. The van der Waals surface area contributed by atoms with E-state index in [9.17, 15) is 4.39 Å². The van der Waals surface area contributed by atoms with Crippen molar-refractivity contribution in [2.24, 2.45) is 0 Å². The molecule has 20 heavy (non-hydrogen) atoms. The second-order valence-corrected chi connectivity index (χ2v) is 4.72. The summed E-state index contributed by atoms with van der Waals surface area (Å²) in [6, 6.07) is 10.0. The molecule has 1 aromatic carbocycles. The van der Waals surface area contributed by atoms with E-state index in [1.807, 2.05) is 6.92 Å². The number of rotatable bonds is 4. The zero-order chi connectivity index (χ0) is 14.5. The summed E-state index contributed by atoms with van der Waals surface area (Å²) in [6.07, 6.45) is 1.94. The molecule has 0 saturated heterocycles. The molecule has 3 nitrogen and oxygen atoms in total. The first kappa shape index (κ1) is 14.3. The molecule has 0 radical (unpaired) electrons. The number of nitrogens with zero attached hydrogens (tertiary/aromatic N) is 2. The summed E-state index contributed by atoms with van der Waals surface area (Å²) in [5, 5.41) is 12.7. The Morgan fingerprint density at radius 2 is 2.20 bits per heavy atom. The second kappa shape index (κ2) is 6.36. The minimum absolute atomic E-state index is 0.0953. The van der Waals surface area contributed by atoms with Crippen LogP contribution in [0.1, 0.15) is 30.6 Å². The van der Waals surface area contributed by atoms with Crippen LogP contribution in [0.25, 0.3) is 0 Å². The molecule has 2 aromatic rings. The minimum Gasteiger partial charge on any atom is -0.375 e. The van der Waals surface area contributed by atoms with E-state index in [-0.39, 0.29) is 11.9 Å². The molecule has 0 spiro atoms. The number of hydrogen-bond donors (Lipinski definition) is 1. The third kappa shape index (κ3) is 3.25. The fourth-order valence-electron chi connectivity index (χ4n) is 1.87. The maximum Gasteiger partial charge on any atom is 0.141 e. The number of hydrogen-bond acceptors (Lipinski definition) is 3. The summed E-state index contributed by atoms with van der Waals surface area (Å²) >= 11 is 6.11. The lowest BCUT2D eigenvalue weighted by Gasteiger charge is -2.18. The third-order valence-electron chi connectivity index (χ3n) is 2.94. The molecule has 1 atom stereocenters. The van der Waals surface area contributed by atoms with Crippen LogP contribution in [-0.4, -0.2) is 4.98 Å². The van der Waals surface area contributed by atoms with E-state index < -0.39 is 0 Å². The smallest absolute Gasteiger partial charge is 0.141 e. The van der Waals surface area contributed by atoms with Gasteiger partial charge in [-0.2, -0.15) is 5.26 Å². The van der Waals surface area contributed by atoms with Gasteiger partial charge in [-0.25, -0.2) is 4.39 Å². The Bertz CT molecular complexity index is 635. The van der Waals surface area contributed by atoms with Crippen LogP contribution in [0.3, 0.4) is 0 Å². The first-order valence-corrected chi connectivity index (χ1v) is 6.59. The van der Waals surface area contributed by atoms with Crippen molar-refractivity contribution in [3.8, 4) is 6.07 Å². The number of nitriles is 1. The predicted molar refractivity (Wildman–Crippen MR) is 77.0 cm³/mol. The molecular weight excluding hydrogens is 277 g/mol. The monoisotopic (exact) mass is 289 g/mol. The molecule has 102 valence electrons. The van der Waals surface area contributed by atoms with Crippen LogP contribution in [0, 0.1) is 17.1 Å². The van der Waals surface area contributed by atoms with Gasteiger partial charge in [-0.1, -0.05) is 18.5 Å². The van der Waals surface area contributed by atoms with E-state index >= 15 is 0 Å². The van der Waals surface area contributed by atoms with Crippen molar-refractivity contribution in [2.45, 2.75) is 19.4 Å². The molecule has 1 heterocycles. The van der Waals surface area contributed by atoms with Crippen LogP contribution in [0.5, 0.6) is 0 Å². The quantitative estimate of drug-likeness (QED) is 0.912. The van der Waals surface area contributed by atoms with Crippen molar-refractivity contribution in [1.82, 2.24) is 4.98 Å². The van der Waals surface area contributed by atoms with Crippen molar-refractivity contribution in [3.05, 3.63) is 58.6 Å². The number of pyridine rings is 1. The zero-order valence-corrected chi connectivity index (χ0v) is 11.7. The van der Waals surface area contributed by atoms with Gasteiger partial charge in [0, 0.05) is 0 Å². The van der Waals surface area contributed by atoms with Gasteiger partial charge < -0.3 is 5.32 Å². The van der Waals surface area contributed by atoms with E-state index in [1.54, 1.807) is 24.3 Å². The Labute approximate surface area is 122 Å². The normalized spacial score (nSPS) is 11.7. The fraction of sp³-hybridized carbons (Fsp3) is 0.200. The topological polar surface area (TPSA) is 48.7 Å². The van der Waals surface area contributed by atoms with Gasteiger partial charge in [0.2, 0.25) is 0 Å². The molecule has 0 aliphatic rings. The van der Waals surface area contributed by atoms with Crippen molar-refractivity contribution in [1.29, 1.82) is 5.26 Å². The summed E-state index contributed by atoms with van der Waals surface area (Å²) in [4.78, 5) is 4.07. The maximum atomic E-state index is 12.9. The van der Waals surface area contributed by atoms with Crippen LogP contribution in [-0.2, 0) is 0 Å². The Balaban J connectivity index is 2.26. The van der Waals surface area contributed by atoms with Crippen molar-refractivity contribution in [2.75, 3.05) is 5.32 Å². The molecule has 1 aromatic heterocycles. The summed E-state index contributed by atoms with van der Waals surface area (Å²) in [6.45, 7) is 1.99. The van der Waals surface area contributed by atoms with E-state index in [4.69, 9.17) is 16.9 Å². The van der Waals surface area contributed by atoms with Gasteiger partial charge in [0.25, 0.3) is 0 Å². The zero-order valence-electron chi connectivity index (χ0n) is 10.9. The number of anilines is 1. The van der Waals surface area contributed by atoms with Crippen LogP contribution >= 0.6 is 11.6 Å². The van der Waals surface area contributed by atoms with Crippen molar-refractivity contribution >= 4 is 17.3 Å². The van der Waals surface area contributed by atoms with Crippen molar-refractivity contribution in [3.63, 3.8) is 0 Å². The molecule has 0 fully saturated rings. The summed E-state index contributed by atoms with van der Waals surface area (Å²) in [5.74, 6) is -0.367. The molecule has 1 unspecified atom stereocenters. The Morgan fingerprint density at radius 3 is 2.80 bits per heavy atom.